The van der Waals surface area contributed by atoms with Gasteiger partial charge in [-0.15, -0.1) is 11.8 Å². The van der Waals surface area contributed by atoms with Crippen molar-refractivity contribution in [2.75, 3.05) is 7.11 Å². The van der Waals surface area contributed by atoms with E-state index in [1.807, 2.05) is 12.1 Å². The minimum atomic E-state index is -0.394. The van der Waals surface area contributed by atoms with E-state index in [2.05, 4.69) is 33.8 Å². The molecule has 1 N–H and O–H groups in total. The van der Waals surface area contributed by atoms with Crippen LogP contribution < -0.4 is 0 Å². The number of esters is 1. The third-order valence-electron chi connectivity index (χ3n) is 2.49. The van der Waals surface area contributed by atoms with Crippen molar-refractivity contribution in [2.24, 2.45) is 0 Å². The molecule has 2 rings (SSSR count). The Labute approximate surface area is 110 Å². The number of hydrogen-bond acceptors (Lipinski definition) is 4. The number of nitrogens with one attached hydrogen (secondary N) is 1. The van der Waals surface area contributed by atoms with Crippen molar-refractivity contribution in [2.45, 2.75) is 17.6 Å². The second-order valence-electron chi connectivity index (χ2n) is 3.79. The van der Waals surface area contributed by atoms with Gasteiger partial charge in [-0.2, -0.15) is 0 Å². The summed E-state index contributed by atoms with van der Waals surface area (Å²) in [5, 5.41) is 0. The van der Waals surface area contributed by atoms with Crippen LogP contribution in [-0.4, -0.2) is 23.0 Å². The van der Waals surface area contributed by atoms with Crippen LogP contribution in [0.3, 0.4) is 0 Å². The summed E-state index contributed by atoms with van der Waals surface area (Å²) >= 11 is 1.69. The number of imidazole rings is 1. The number of nitrogens with zero attached hydrogens (tertiary/aromatic N) is 1. The highest BCUT2D eigenvalue weighted by atomic mass is 32.2. The van der Waals surface area contributed by atoms with Crippen molar-refractivity contribution < 1.29 is 9.53 Å². The summed E-state index contributed by atoms with van der Waals surface area (Å²) in [6.07, 6.45) is 1.50. The van der Waals surface area contributed by atoms with Gasteiger partial charge in [0.2, 0.25) is 0 Å². The van der Waals surface area contributed by atoms with Gasteiger partial charge in [0.25, 0.3) is 0 Å². The van der Waals surface area contributed by atoms with Crippen molar-refractivity contribution in [3.63, 3.8) is 0 Å². The summed E-state index contributed by atoms with van der Waals surface area (Å²) in [6.45, 7) is 2.07. The molecule has 4 nitrogen and oxygen atoms in total. The third-order valence-corrected chi connectivity index (χ3v) is 3.68. The van der Waals surface area contributed by atoms with E-state index in [-0.39, 0.29) is 0 Å². The minimum Gasteiger partial charge on any atom is -0.464 e. The van der Waals surface area contributed by atoms with Gasteiger partial charge in [-0.3, -0.25) is 0 Å². The number of rotatable bonds is 4. The van der Waals surface area contributed by atoms with E-state index in [1.165, 1.54) is 23.8 Å². The van der Waals surface area contributed by atoms with Crippen molar-refractivity contribution in [1.29, 1.82) is 0 Å². The zero-order chi connectivity index (χ0) is 13.0. The average Bonchev–Trinajstić information content (AvgIpc) is 2.86. The number of aromatic amines is 1. The van der Waals surface area contributed by atoms with E-state index in [0.717, 1.165) is 5.82 Å². The number of H-pyrrole nitrogens is 1. The van der Waals surface area contributed by atoms with Crippen LogP contribution in [0.2, 0.25) is 0 Å². The lowest BCUT2D eigenvalue weighted by Gasteiger charge is -2.03. The first-order valence-electron chi connectivity index (χ1n) is 5.51. The monoisotopic (exact) mass is 262 g/mol. The summed E-state index contributed by atoms with van der Waals surface area (Å²) in [6, 6.07) is 8.17. The molecule has 0 unspecified atom stereocenters. The van der Waals surface area contributed by atoms with Gasteiger partial charge in [-0.05, 0) is 18.6 Å². The molecule has 5 heteroatoms. The predicted octanol–water partition coefficient (Wildman–Crippen LogP) is 2.80. The maximum absolute atomic E-state index is 11.3. The van der Waals surface area contributed by atoms with Gasteiger partial charge in [0.05, 0.1) is 19.1 Å². The SMILES string of the molecule is COC(=O)c1cnc(CSc2ccccc2C)[nH]1. The summed E-state index contributed by atoms with van der Waals surface area (Å²) in [7, 11) is 1.35. The number of methoxy groups -OCH3 is 1. The highest BCUT2D eigenvalue weighted by Gasteiger charge is 2.09. The van der Waals surface area contributed by atoms with Crippen molar-refractivity contribution >= 4 is 17.7 Å². The first-order valence-corrected chi connectivity index (χ1v) is 6.50. The fourth-order valence-corrected chi connectivity index (χ4v) is 2.42. The van der Waals surface area contributed by atoms with Crippen LogP contribution in [-0.2, 0) is 10.5 Å². The molecule has 94 valence electrons. The van der Waals surface area contributed by atoms with E-state index >= 15 is 0 Å². The van der Waals surface area contributed by atoms with Gasteiger partial charge >= 0.3 is 5.97 Å². The van der Waals surface area contributed by atoms with Gasteiger partial charge in [0.15, 0.2) is 0 Å². The predicted molar refractivity (Wildman–Crippen MR) is 70.7 cm³/mol. The molecule has 2 aromatic rings. The second kappa shape index (κ2) is 5.73. The van der Waals surface area contributed by atoms with Crippen LogP contribution >= 0.6 is 11.8 Å². The minimum absolute atomic E-state index is 0.387. The molecule has 1 aromatic carbocycles. The lowest BCUT2D eigenvalue weighted by Crippen LogP contribution is -2.01. The fraction of sp³-hybridized carbons (Fsp3) is 0.231. The number of thioether (sulfide) groups is 1. The highest BCUT2D eigenvalue weighted by Crippen LogP contribution is 2.24. The van der Waals surface area contributed by atoms with Crippen molar-refractivity contribution in [1.82, 2.24) is 9.97 Å². The Kier molecular flexibility index (Phi) is 4.04. The Morgan fingerprint density at radius 2 is 2.22 bits per heavy atom. The van der Waals surface area contributed by atoms with Crippen LogP contribution in [0.25, 0.3) is 0 Å². The molecular weight excluding hydrogens is 248 g/mol. The highest BCUT2D eigenvalue weighted by molar-refractivity contribution is 7.98. The zero-order valence-electron chi connectivity index (χ0n) is 10.3. The van der Waals surface area contributed by atoms with Gasteiger partial charge in [0.1, 0.15) is 11.5 Å². The summed E-state index contributed by atoms with van der Waals surface area (Å²) < 4.78 is 4.61. The number of aryl methyl sites for hydroxylation is 1. The van der Waals surface area contributed by atoms with E-state index < -0.39 is 5.97 Å². The standard InChI is InChI=1S/C13H14N2O2S/c1-9-5-3-4-6-11(9)18-8-12-14-7-10(15-12)13(16)17-2/h3-7H,8H2,1-2H3,(H,14,15). The maximum Gasteiger partial charge on any atom is 0.356 e. The lowest BCUT2D eigenvalue weighted by molar-refractivity contribution is 0.0594. The maximum atomic E-state index is 11.3. The fourth-order valence-electron chi connectivity index (χ4n) is 1.51. The Balaban J connectivity index is 2.01. The van der Waals surface area contributed by atoms with Gasteiger partial charge in [-0.25, -0.2) is 9.78 Å². The molecule has 0 fully saturated rings. The molecule has 18 heavy (non-hydrogen) atoms. The second-order valence-corrected chi connectivity index (χ2v) is 4.81. The van der Waals surface area contributed by atoms with Crippen LogP contribution in [0.5, 0.6) is 0 Å². The van der Waals surface area contributed by atoms with Crippen molar-refractivity contribution in [3.05, 3.63) is 47.5 Å². The molecule has 0 atom stereocenters. The molecular formula is C13H14N2O2S. The van der Waals surface area contributed by atoms with E-state index in [1.54, 1.807) is 11.8 Å². The molecule has 0 amide bonds. The lowest BCUT2D eigenvalue weighted by atomic mass is 10.2. The summed E-state index contributed by atoms with van der Waals surface area (Å²) in [5.74, 6) is 1.07. The normalized spacial score (nSPS) is 10.3. The van der Waals surface area contributed by atoms with Crippen molar-refractivity contribution in [3.8, 4) is 0 Å². The number of carbonyl (C=O) groups is 1. The molecule has 0 saturated heterocycles. The average molecular weight is 262 g/mol. The summed E-state index contributed by atoms with van der Waals surface area (Å²) in [5.41, 5.74) is 1.63. The Bertz CT molecular complexity index is 551. The zero-order valence-corrected chi connectivity index (χ0v) is 11.1. The molecule has 0 aliphatic heterocycles. The van der Waals surface area contributed by atoms with Crippen LogP contribution in [0, 0.1) is 6.92 Å². The van der Waals surface area contributed by atoms with Gasteiger partial charge < -0.3 is 9.72 Å². The Hall–Kier alpha value is -1.75. The van der Waals surface area contributed by atoms with E-state index in [0.29, 0.717) is 11.4 Å². The number of ether oxygens (including phenoxy) is 1. The largest absolute Gasteiger partial charge is 0.464 e. The smallest absolute Gasteiger partial charge is 0.356 e. The molecule has 0 aliphatic rings. The van der Waals surface area contributed by atoms with Gasteiger partial charge in [0, 0.05) is 4.90 Å². The third kappa shape index (κ3) is 2.92. The number of aromatic nitrogens is 2. The number of hydrogen-bond donors (Lipinski definition) is 1. The summed E-state index contributed by atoms with van der Waals surface area (Å²) in [4.78, 5) is 19.6. The molecule has 0 aliphatic carbocycles. The topological polar surface area (TPSA) is 55.0 Å². The number of benzene rings is 1. The van der Waals surface area contributed by atoms with E-state index in [9.17, 15) is 4.79 Å². The first kappa shape index (κ1) is 12.7. The molecule has 0 saturated carbocycles. The van der Waals surface area contributed by atoms with Crippen LogP contribution in [0.15, 0.2) is 35.4 Å². The Morgan fingerprint density at radius 3 is 2.94 bits per heavy atom. The number of carbonyl (C=O) groups excluding carboxylic acids is 1. The molecule has 0 bridgehead atoms. The quantitative estimate of drug-likeness (QED) is 0.680. The van der Waals surface area contributed by atoms with E-state index in [4.69, 9.17) is 0 Å². The first-order chi connectivity index (χ1) is 8.70. The van der Waals surface area contributed by atoms with Crippen LogP contribution in [0.4, 0.5) is 0 Å². The molecule has 1 aromatic heterocycles. The molecule has 0 radical (unpaired) electrons. The van der Waals surface area contributed by atoms with Gasteiger partial charge in [-0.1, -0.05) is 18.2 Å². The Morgan fingerprint density at radius 1 is 1.44 bits per heavy atom. The molecule has 1 heterocycles. The molecule has 0 spiro atoms. The van der Waals surface area contributed by atoms with Crippen LogP contribution in [0.1, 0.15) is 21.9 Å².